The number of hydrogen-bond donors (Lipinski definition) is 0. The first-order valence-corrected chi connectivity index (χ1v) is 21.5. The van der Waals surface area contributed by atoms with E-state index in [2.05, 4.69) is 37.6 Å². The van der Waals surface area contributed by atoms with Crippen LogP contribution >= 0.6 is 15.8 Å². The van der Waals surface area contributed by atoms with Crippen molar-refractivity contribution >= 4 is 26.0 Å². The summed E-state index contributed by atoms with van der Waals surface area (Å²) in [6, 6.07) is 0. The summed E-state index contributed by atoms with van der Waals surface area (Å²) >= 11 is 0. The van der Waals surface area contributed by atoms with E-state index in [0.717, 1.165) is 22.6 Å². The molecule has 2 unspecified atom stereocenters. The summed E-state index contributed by atoms with van der Waals surface area (Å²) in [6.07, 6.45) is 40.4. The van der Waals surface area contributed by atoms with Gasteiger partial charge in [0.25, 0.3) is 0 Å². The molecule has 0 heterocycles. The van der Waals surface area contributed by atoms with Crippen molar-refractivity contribution < 1.29 is 45.6 Å². The van der Waals surface area contributed by atoms with Gasteiger partial charge in [0, 0.05) is 19.5 Å². The zero-order valence-corrected chi connectivity index (χ0v) is 30.2. The van der Waals surface area contributed by atoms with Gasteiger partial charge in [0.05, 0.1) is 0 Å². The molecule has 4 aliphatic carbocycles. The van der Waals surface area contributed by atoms with Gasteiger partial charge in [-0.05, 0) is 100 Å². The van der Waals surface area contributed by atoms with Gasteiger partial charge in [-0.15, -0.1) is 15.8 Å². The number of alkyl halides is 3. The SMILES string of the molecule is C1=C\CC/C=C\CC/1.CP(C1CCCCCCC1)[C@H]1CCC[C@@H]1P(C)C1CCCCCCC1.O=S(=O)([O-])C(F)(F)F.[Rh]. The standard InChI is InChI=1S/C23H44P2.C8H12.CHF3O3S.Rh/c1-24(20-14-9-5-3-6-10-15-20)22-18-13-19-23(22)25(2)21-16-11-7-4-8-12-17-21;1-2-4-6-8-7-5-3-1;2-1(3,4)8(5,6)7;/h20-23H,3-19H2,1-2H3;1-2,7-8H,3-6H2;(H,5,6,7);/p-1/b;2-1-,8-7-;;/t22-,23-,24?,25?;;;/m0.../s1. The third-order valence-electron chi connectivity index (χ3n) is 9.41. The number of hydrogen-bond acceptors (Lipinski definition) is 3. The van der Waals surface area contributed by atoms with Crippen LogP contribution in [0.2, 0.25) is 0 Å². The van der Waals surface area contributed by atoms with Crippen LogP contribution in [-0.2, 0) is 29.6 Å². The second kappa shape index (κ2) is 22.2. The van der Waals surface area contributed by atoms with Crippen molar-refractivity contribution in [1.82, 2.24) is 0 Å². The maximum Gasteiger partial charge on any atom is 0.485 e. The second-order valence-corrected chi connectivity index (χ2v) is 19.2. The maximum absolute atomic E-state index is 10.7. The van der Waals surface area contributed by atoms with E-state index >= 15 is 0 Å². The molecule has 0 aromatic carbocycles. The molecule has 0 bridgehead atoms. The van der Waals surface area contributed by atoms with Crippen LogP contribution in [0.4, 0.5) is 13.2 Å². The first kappa shape index (κ1) is 40.7. The summed E-state index contributed by atoms with van der Waals surface area (Å²) in [7, 11) is -5.52. The van der Waals surface area contributed by atoms with Gasteiger partial charge in [0.1, 0.15) is 0 Å². The van der Waals surface area contributed by atoms with Crippen LogP contribution in [0.15, 0.2) is 24.3 Å². The van der Waals surface area contributed by atoms with E-state index in [0.29, 0.717) is 0 Å². The Bertz CT molecular complexity index is 794. The van der Waals surface area contributed by atoms with E-state index in [1.165, 1.54) is 89.9 Å². The van der Waals surface area contributed by atoms with Gasteiger partial charge in [-0.25, -0.2) is 8.42 Å². The van der Waals surface area contributed by atoms with Crippen molar-refractivity contribution in [1.29, 1.82) is 0 Å². The molecule has 42 heavy (non-hydrogen) atoms. The van der Waals surface area contributed by atoms with Gasteiger partial charge in [-0.2, -0.15) is 13.2 Å². The molecule has 1 radical (unpaired) electrons. The number of halogens is 3. The van der Waals surface area contributed by atoms with Gasteiger partial charge < -0.3 is 4.55 Å². The molecule has 4 atom stereocenters. The topological polar surface area (TPSA) is 57.2 Å². The predicted molar refractivity (Wildman–Crippen MR) is 172 cm³/mol. The smallest absolute Gasteiger partial charge is 0.485 e. The van der Waals surface area contributed by atoms with Crippen molar-refractivity contribution in [3.63, 3.8) is 0 Å². The minimum Gasteiger partial charge on any atom is -0.741 e. The molecule has 0 aliphatic heterocycles. The molecule has 0 spiro atoms. The van der Waals surface area contributed by atoms with E-state index < -0.39 is 15.6 Å². The summed E-state index contributed by atoms with van der Waals surface area (Å²) in [5, 5.41) is 0. The van der Waals surface area contributed by atoms with Gasteiger partial charge in [0.2, 0.25) is 0 Å². The van der Waals surface area contributed by atoms with Crippen molar-refractivity contribution in [3.8, 4) is 0 Å². The number of allylic oxidation sites excluding steroid dienone is 4. The zero-order chi connectivity index (χ0) is 30.1. The number of rotatable bonds is 4. The first-order valence-electron chi connectivity index (χ1n) is 16.3. The monoisotopic (exact) mass is 742 g/mol. The van der Waals surface area contributed by atoms with E-state index in [1.807, 2.05) is 0 Å². The Kier molecular flexibility index (Phi) is 21.5. The zero-order valence-electron chi connectivity index (χ0n) is 26.0. The summed E-state index contributed by atoms with van der Waals surface area (Å²) in [6.45, 7) is 5.48. The minimum absolute atomic E-state index is 0. The van der Waals surface area contributed by atoms with Crippen molar-refractivity contribution in [2.45, 2.75) is 163 Å². The van der Waals surface area contributed by atoms with E-state index in [4.69, 9.17) is 13.0 Å². The Balaban J connectivity index is 0.000000426. The summed E-state index contributed by atoms with van der Waals surface area (Å²) in [5.41, 5.74) is -1.09. The van der Waals surface area contributed by atoms with Crippen LogP contribution in [0.1, 0.15) is 135 Å². The van der Waals surface area contributed by atoms with Crippen molar-refractivity contribution in [2.24, 2.45) is 0 Å². The van der Waals surface area contributed by atoms with Gasteiger partial charge in [-0.3, -0.25) is 0 Å². The second-order valence-electron chi connectivity index (χ2n) is 12.4. The fourth-order valence-corrected chi connectivity index (χ4v) is 14.2. The van der Waals surface area contributed by atoms with Crippen LogP contribution in [0.3, 0.4) is 0 Å². The Hall–Kier alpha value is 0.663. The Morgan fingerprint density at radius 3 is 1.10 bits per heavy atom. The largest absolute Gasteiger partial charge is 0.741 e. The fraction of sp³-hybridized carbons (Fsp3) is 0.875. The molecule has 0 amide bonds. The average molecular weight is 743 g/mol. The Labute approximate surface area is 271 Å². The molecule has 3 nitrogen and oxygen atoms in total. The van der Waals surface area contributed by atoms with Crippen molar-refractivity contribution in [2.75, 3.05) is 13.3 Å². The molecular weight excluding hydrogens is 686 g/mol. The molecule has 249 valence electrons. The third-order valence-corrected chi connectivity index (χ3v) is 16.9. The van der Waals surface area contributed by atoms with Gasteiger partial charge in [-0.1, -0.05) is 94.9 Å². The quantitative estimate of drug-likeness (QED) is 0.0947. The summed E-state index contributed by atoms with van der Waals surface area (Å²) in [5.74, 6) is 0. The molecule has 0 N–H and O–H groups in total. The first-order chi connectivity index (χ1) is 19.5. The molecule has 0 aromatic heterocycles. The van der Waals surface area contributed by atoms with Crippen molar-refractivity contribution in [3.05, 3.63) is 24.3 Å². The van der Waals surface area contributed by atoms with Gasteiger partial charge >= 0.3 is 5.51 Å². The van der Waals surface area contributed by atoms with E-state index in [1.54, 1.807) is 44.9 Å². The summed E-state index contributed by atoms with van der Waals surface area (Å²) in [4.78, 5) is 0. The molecule has 3 fully saturated rings. The third kappa shape index (κ3) is 15.8. The Morgan fingerprint density at radius 2 is 0.833 bits per heavy atom. The molecule has 4 rings (SSSR count). The van der Waals surface area contributed by atoms with E-state index in [9.17, 15) is 13.2 Å². The minimum atomic E-state index is -6.09. The fourth-order valence-electron chi connectivity index (χ4n) is 6.95. The van der Waals surface area contributed by atoms with Crippen LogP contribution < -0.4 is 0 Å². The van der Waals surface area contributed by atoms with Crippen LogP contribution in [0.25, 0.3) is 0 Å². The molecular formula is C32H56F3O3P2RhS-. The average Bonchev–Trinajstić information content (AvgIpc) is 3.32. The van der Waals surface area contributed by atoms with Crippen LogP contribution in [0, 0.1) is 0 Å². The molecule has 4 aliphatic rings. The molecule has 10 heteroatoms. The predicted octanol–water partition coefficient (Wildman–Crippen LogP) is 11.1. The van der Waals surface area contributed by atoms with Crippen LogP contribution in [-0.4, -0.2) is 54.4 Å². The molecule has 0 aromatic rings. The van der Waals surface area contributed by atoms with Crippen LogP contribution in [0.5, 0.6) is 0 Å². The molecule has 0 saturated heterocycles. The summed E-state index contributed by atoms with van der Waals surface area (Å²) < 4.78 is 58.9. The normalized spacial score (nSPS) is 28.1. The molecule has 3 saturated carbocycles. The van der Waals surface area contributed by atoms with E-state index in [-0.39, 0.29) is 35.3 Å². The maximum atomic E-state index is 10.7. The Morgan fingerprint density at radius 1 is 0.571 bits per heavy atom. The van der Waals surface area contributed by atoms with Gasteiger partial charge in [0.15, 0.2) is 10.1 Å².